The molecule has 3 N–H and O–H groups in total. The van der Waals surface area contributed by atoms with E-state index in [2.05, 4.69) is 10.5 Å². The molecule has 3 aromatic carbocycles. The number of carbonyl (C=O) groups is 1. The van der Waals surface area contributed by atoms with Gasteiger partial charge in [0, 0.05) is 11.3 Å². The van der Waals surface area contributed by atoms with Gasteiger partial charge in [0.05, 0.1) is 6.21 Å². The first kappa shape index (κ1) is 16.3. The van der Waals surface area contributed by atoms with Crippen LogP contribution in [-0.2, 0) is 0 Å². The molecule has 0 aromatic heterocycles. The van der Waals surface area contributed by atoms with E-state index < -0.39 is 0 Å². The van der Waals surface area contributed by atoms with Crippen LogP contribution in [0.1, 0.15) is 15.9 Å². The highest BCUT2D eigenvalue weighted by atomic mass is 16.5. The van der Waals surface area contributed by atoms with E-state index in [0.717, 1.165) is 11.3 Å². The summed E-state index contributed by atoms with van der Waals surface area (Å²) >= 11 is 0. The highest BCUT2D eigenvalue weighted by Gasteiger charge is 2.03. The normalized spacial score (nSPS) is 10.6. The predicted molar refractivity (Wildman–Crippen MR) is 98.9 cm³/mol. The van der Waals surface area contributed by atoms with Crippen molar-refractivity contribution < 1.29 is 9.53 Å². The van der Waals surface area contributed by atoms with E-state index in [4.69, 9.17) is 10.5 Å². The number of para-hydroxylation sites is 1. The van der Waals surface area contributed by atoms with E-state index in [1.807, 2.05) is 54.6 Å². The molecule has 0 unspecified atom stereocenters. The molecule has 0 spiro atoms. The lowest BCUT2D eigenvalue weighted by Gasteiger charge is -2.05. The van der Waals surface area contributed by atoms with Crippen molar-refractivity contribution in [2.75, 3.05) is 5.73 Å². The maximum absolute atomic E-state index is 12.0. The third kappa shape index (κ3) is 4.68. The number of hydrazone groups is 1. The molecule has 0 fully saturated rings. The van der Waals surface area contributed by atoms with Gasteiger partial charge in [0.15, 0.2) is 0 Å². The van der Waals surface area contributed by atoms with Crippen LogP contribution in [0.3, 0.4) is 0 Å². The maximum Gasteiger partial charge on any atom is 0.271 e. The summed E-state index contributed by atoms with van der Waals surface area (Å²) < 4.78 is 5.77. The Bertz CT molecular complexity index is 892. The van der Waals surface area contributed by atoms with Crippen molar-refractivity contribution in [2.24, 2.45) is 5.10 Å². The highest BCUT2D eigenvalue weighted by Crippen LogP contribution is 2.21. The average molecular weight is 331 g/mol. The molecule has 5 nitrogen and oxygen atoms in total. The molecular weight excluding hydrogens is 314 g/mol. The summed E-state index contributed by atoms with van der Waals surface area (Å²) in [5.41, 5.74) is 9.94. The minimum Gasteiger partial charge on any atom is -0.457 e. The van der Waals surface area contributed by atoms with Gasteiger partial charge in [-0.1, -0.05) is 36.4 Å². The van der Waals surface area contributed by atoms with E-state index in [1.165, 1.54) is 0 Å². The SMILES string of the molecule is Nc1cccc(C(=O)NN=Cc2cccc(Oc3ccccc3)c2)c1. The van der Waals surface area contributed by atoms with Gasteiger partial charge in [-0.25, -0.2) is 5.43 Å². The fraction of sp³-hybridized carbons (Fsp3) is 0. The first-order valence-electron chi connectivity index (χ1n) is 7.72. The number of hydrogen-bond donors (Lipinski definition) is 2. The molecule has 0 aliphatic heterocycles. The van der Waals surface area contributed by atoms with Crippen LogP contribution in [-0.4, -0.2) is 12.1 Å². The molecule has 0 saturated carbocycles. The van der Waals surface area contributed by atoms with Gasteiger partial charge in [-0.15, -0.1) is 0 Å². The van der Waals surface area contributed by atoms with Gasteiger partial charge >= 0.3 is 0 Å². The summed E-state index contributed by atoms with van der Waals surface area (Å²) in [5, 5.41) is 3.97. The van der Waals surface area contributed by atoms with Crippen LogP contribution < -0.4 is 15.9 Å². The number of nitrogens with one attached hydrogen (secondary N) is 1. The molecule has 25 heavy (non-hydrogen) atoms. The van der Waals surface area contributed by atoms with E-state index in [1.54, 1.807) is 30.5 Å². The van der Waals surface area contributed by atoms with Crippen LogP contribution in [0.2, 0.25) is 0 Å². The lowest BCUT2D eigenvalue weighted by Crippen LogP contribution is -2.17. The number of benzene rings is 3. The van der Waals surface area contributed by atoms with Gasteiger partial charge in [-0.3, -0.25) is 4.79 Å². The van der Waals surface area contributed by atoms with Crippen LogP contribution in [0.4, 0.5) is 5.69 Å². The molecule has 124 valence electrons. The van der Waals surface area contributed by atoms with Crippen molar-refractivity contribution in [3.05, 3.63) is 90.0 Å². The average Bonchev–Trinajstić information content (AvgIpc) is 2.63. The Kier molecular flexibility index (Phi) is 5.07. The standard InChI is InChI=1S/C20H17N3O2/c21-17-8-5-7-16(13-17)20(24)23-22-14-15-6-4-11-19(12-15)25-18-9-2-1-3-10-18/h1-14H,21H2,(H,23,24). The molecular formula is C20H17N3O2. The molecule has 0 heterocycles. The number of nitrogen functional groups attached to an aromatic ring is 1. The van der Waals surface area contributed by atoms with Gasteiger partial charge < -0.3 is 10.5 Å². The van der Waals surface area contributed by atoms with Crippen molar-refractivity contribution in [3.63, 3.8) is 0 Å². The third-order valence-corrected chi connectivity index (χ3v) is 3.37. The number of hydrogen-bond acceptors (Lipinski definition) is 4. The Morgan fingerprint density at radius 2 is 1.68 bits per heavy atom. The number of ether oxygens (including phenoxy) is 1. The molecule has 1 amide bonds. The second kappa shape index (κ2) is 7.79. The monoisotopic (exact) mass is 331 g/mol. The topological polar surface area (TPSA) is 76.7 Å². The van der Waals surface area contributed by atoms with Gasteiger partial charge in [0.1, 0.15) is 11.5 Å². The first-order valence-corrected chi connectivity index (χ1v) is 7.72. The lowest BCUT2D eigenvalue weighted by molar-refractivity contribution is 0.0955. The lowest BCUT2D eigenvalue weighted by atomic mass is 10.2. The van der Waals surface area contributed by atoms with Crippen molar-refractivity contribution in [1.82, 2.24) is 5.43 Å². The molecule has 3 aromatic rings. The summed E-state index contributed by atoms with van der Waals surface area (Å²) in [5.74, 6) is 1.13. The van der Waals surface area contributed by atoms with Crippen LogP contribution in [0.15, 0.2) is 84.0 Å². The minimum absolute atomic E-state index is 0.319. The van der Waals surface area contributed by atoms with Crippen molar-refractivity contribution in [2.45, 2.75) is 0 Å². The smallest absolute Gasteiger partial charge is 0.271 e. The number of anilines is 1. The number of nitrogens with two attached hydrogens (primary N) is 1. The third-order valence-electron chi connectivity index (χ3n) is 3.37. The number of amides is 1. The Labute approximate surface area is 145 Å². The zero-order chi connectivity index (χ0) is 17.5. The summed E-state index contributed by atoms with van der Waals surface area (Å²) in [4.78, 5) is 12.0. The first-order chi connectivity index (χ1) is 12.2. The van der Waals surface area contributed by atoms with E-state index >= 15 is 0 Å². The van der Waals surface area contributed by atoms with Crippen molar-refractivity contribution in [3.8, 4) is 11.5 Å². The van der Waals surface area contributed by atoms with Gasteiger partial charge in [-0.2, -0.15) is 5.10 Å². The number of rotatable bonds is 5. The van der Waals surface area contributed by atoms with Gasteiger partial charge in [0.25, 0.3) is 5.91 Å². The molecule has 0 aliphatic rings. The van der Waals surface area contributed by atoms with Crippen LogP contribution in [0, 0.1) is 0 Å². The van der Waals surface area contributed by atoms with Gasteiger partial charge in [0.2, 0.25) is 0 Å². The van der Waals surface area contributed by atoms with E-state index in [-0.39, 0.29) is 5.91 Å². The summed E-state index contributed by atoms with van der Waals surface area (Å²) in [6, 6.07) is 23.6. The Morgan fingerprint density at radius 3 is 2.48 bits per heavy atom. The quantitative estimate of drug-likeness (QED) is 0.424. The molecule has 5 heteroatoms. The molecule has 0 aliphatic carbocycles. The molecule has 0 radical (unpaired) electrons. The predicted octanol–water partition coefficient (Wildman–Crippen LogP) is 3.83. The van der Waals surface area contributed by atoms with Gasteiger partial charge in [-0.05, 0) is 48.0 Å². The maximum atomic E-state index is 12.0. The Balaban J connectivity index is 1.63. The van der Waals surface area contributed by atoms with E-state index in [0.29, 0.717) is 17.0 Å². The minimum atomic E-state index is -0.319. The summed E-state index contributed by atoms with van der Waals surface area (Å²) in [6.45, 7) is 0. The summed E-state index contributed by atoms with van der Waals surface area (Å²) in [7, 11) is 0. The Morgan fingerprint density at radius 1 is 0.920 bits per heavy atom. The van der Waals surface area contributed by atoms with Crippen LogP contribution in [0.25, 0.3) is 0 Å². The number of nitrogens with zero attached hydrogens (tertiary/aromatic N) is 1. The van der Waals surface area contributed by atoms with Crippen molar-refractivity contribution >= 4 is 17.8 Å². The van der Waals surface area contributed by atoms with E-state index in [9.17, 15) is 4.79 Å². The molecule has 3 rings (SSSR count). The number of carbonyl (C=O) groups excluding carboxylic acids is 1. The fourth-order valence-electron chi connectivity index (χ4n) is 2.19. The van der Waals surface area contributed by atoms with Crippen LogP contribution in [0.5, 0.6) is 11.5 Å². The molecule has 0 bridgehead atoms. The second-order valence-electron chi connectivity index (χ2n) is 5.31. The zero-order valence-electron chi connectivity index (χ0n) is 13.4. The van der Waals surface area contributed by atoms with Crippen molar-refractivity contribution in [1.29, 1.82) is 0 Å². The molecule has 0 atom stereocenters. The summed E-state index contributed by atoms with van der Waals surface area (Å²) in [6.07, 6.45) is 1.56. The second-order valence-corrected chi connectivity index (χ2v) is 5.31. The largest absolute Gasteiger partial charge is 0.457 e. The Hall–Kier alpha value is -3.60. The van der Waals surface area contributed by atoms with Crippen LogP contribution >= 0.6 is 0 Å². The highest BCUT2D eigenvalue weighted by molar-refractivity contribution is 5.95. The zero-order valence-corrected chi connectivity index (χ0v) is 13.4. The molecule has 0 saturated heterocycles. The fourth-order valence-corrected chi connectivity index (χ4v) is 2.19.